The zero-order valence-electron chi connectivity index (χ0n) is 25.5. The third kappa shape index (κ3) is 11.0. The van der Waals surface area contributed by atoms with Crippen molar-refractivity contribution >= 4 is 41.4 Å². The second-order valence-corrected chi connectivity index (χ2v) is 11.0. The molecule has 1 fully saturated rings. The molecule has 1 aromatic heterocycles. The van der Waals surface area contributed by atoms with E-state index in [0.717, 1.165) is 0 Å². The van der Waals surface area contributed by atoms with E-state index >= 15 is 0 Å². The number of carboxylic acids is 1. The third-order valence-corrected chi connectivity index (χ3v) is 7.36. The number of hydrogen-bond acceptors (Lipinski definition) is 8. The molecule has 1 aromatic carbocycles. The Kier molecular flexibility index (Phi) is 13.2. The summed E-state index contributed by atoms with van der Waals surface area (Å²) in [5, 5.41) is 19.3. The number of amides is 6. The fourth-order valence-corrected chi connectivity index (χ4v) is 5.13. The number of nitrogens with one attached hydrogen (secondary N) is 5. The van der Waals surface area contributed by atoms with Crippen molar-refractivity contribution in [3.8, 4) is 0 Å². The highest BCUT2D eigenvalue weighted by Gasteiger charge is 2.39. The maximum atomic E-state index is 13.9. The molecule has 1 saturated heterocycles. The number of carboxylic acid groups (broad SMARTS) is 1. The fourth-order valence-electron chi connectivity index (χ4n) is 5.13. The first-order valence-corrected chi connectivity index (χ1v) is 14.9. The molecule has 248 valence electrons. The number of rotatable bonds is 17. The number of imidazole rings is 1. The van der Waals surface area contributed by atoms with Crippen molar-refractivity contribution in [1.82, 2.24) is 36.1 Å². The van der Waals surface area contributed by atoms with Gasteiger partial charge in [-0.25, -0.2) is 4.98 Å². The summed E-state index contributed by atoms with van der Waals surface area (Å²) in [4.78, 5) is 96.2. The number of aromatic amines is 1. The second-order valence-electron chi connectivity index (χ2n) is 11.0. The molecular formula is C30H40N8O8. The predicted octanol–water partition coefficient (Wildman–Crippen LogP) is -1.48. The molecule has 1 aliphatic heterocycles. The smallest absolute Gasteiger partial charge is 0.305 e. The van der Waals surface area contributed by atoms with Gasteiger partial charge in [-0.1, -0.05) is 30.3 Å². The normalized spacial score (nSPS) is 16.0. The van der Waals surface area contributed by atoms with E-state index in [9.17, 15) is 33.6 Å². The number of aromatic nitrogens is 2. The molecule has 4 atom stereocenters. The molecule has 2 heterocycles. The Morgan fingerprint density at radius 3 is 2.30 bits per heavy atom. The maximum absolute atomic E-state index is 13.9. The number of nitrogens with two attached hydrogens (primary N) is 1. The van der Waals surface area contributed by atoms with Gasteiger partial charge in [0.25, 0.3) is 0 Å². The number of primary amides is 1. The van der Waals surface area contributed by atoms with Gasteiger partial charge in [0.1, 0.15) is 24.2 Å². The number of carbonyl (C=O) groups is 7. The van der Waals surface area contributed by atoms with Crippen LogP contribution in [0.1, 0.15) is 50.3 Å². The highest BCUT2D eigenvalue weighted by atomic mass is 16.4. The summed E-state index contributed by atoms with van der Waals surface area (Å²) < 4.78 is 0. The van der Waals surface area contributed by atoms with Gasteiger partial charge in [-0.2, -0.15) is 0 Å². The molecule has 0 radical (unpaired) electrons. The Hall–Kier alpha value is -5.28. The molecule has 2 aromatic rings. The van der Waals surface area contributed by atoms with Crippen molar-refractivity contribution in [2.75, 3.05) is 13.1 Å². The number of likely N-dealkylation sites (tertiary alicyclic amines) is 1. The average molecular weight is 641 g/mol. The van der Waals surface area contributed by atoms with Crippen molar-refractivity contribution in [3.63, 3.8) is 0 Å². The molecule has 0 unspecified atom stereocenters. The number of H-pyrrole nitrogens is 1. The zero-order chi connectivity index (χ0) is 33.6. The molecule has 0 bridgehead atoms. The second kappa shape index (κ2) is 17.3. The van der Waals surface area contributed by atoms with Crippen LogP contribution in [-0.2, 0) is 46.4 Å². The molecule has 0 aliphatic carbocycles. The summed E-state index contributed by atoms with van der Waals surface area (Å²) in [5.74, 6) is -4.72. The van der Waals surface area contributed by atoms with Crippen LogP contribution in [0.4, 0.5) is 0 Å². The Morgan fingerprint density at radius 1 is 0.978 bits per heavy atom. The quantitative estimate of drug-likeness (QED) is 0.106. The molecule has 1 aliphatic rings. The SMILES string of the molecule is CC(=O)N[C@@H](CCC(N)=O)C(=O)N[C@H](Cc1ccccc1)C(=O)N[C@@H](Cc1cnc[nH]1)C(=O)N1CCC[C@@H]1C(=O)NCCC(=O)O. The van der Waals surface area contributed by atoms with Crippen LogP contribution >= 0.6 is 0 Å². The van der Waals surface area contributed by atoms with E-state index in [4.69, 9.17) is 10.8 Å². The highest BCUT2D eigenvalue weighted by molar-refractivity contribution is 5.96. The number of nitrogens with zero attached hydrogens (tertiary/aromatic N) is 2. The van der Waals surface area contributed by atoms with Crippen molar-refractivity contribution < 1.29 is 38.7 Å². The molecule has 0 spiro atoms. The van der Waals surface area contributed by atoms with Gasteiger partial charge in [-0.05, 0) is 24.8 Å². The van der Waals surface area contributed by atoms with Crippen molar-refractivity contribution in [2.45, 2.75) is 76.0 Å². The summed E-state index contributed by atoms with van der Waals surface area (Å²) in [6, 6.07) is 4.46. The van der Waals surface area contributed by atoms with E-state index in [1.807, 2.05) is 0 Å². The van der Waals surface area contributed by atoms with Gasteiger partial charge >= 0.3 is 5.97 Å². The lowest BCUT2D eigenvalue weighted by molar-refractivity contribution is -0.142. The lowest BCUT2D eigenvalue weighted by atomic mass is 10.0. The molecule has 16 nitrogen and oxygen atoms in total. The molecule has 3 rings (SSSR count). The van der Waals surface area contributed by atoms with Crippen LogP contribution in [0.25, 0.3) is 0 Å². The third-order valence-electron chi connectivity index (χ3n) is 7.36. The van der Waals surface area contributed by atoms with Crippen LogP contribution in [0, 0.1) is 0 Å². The minimum atomic E-state index is -1.20. The standard InChI is InChI=1S/C30H40N8O8/c1-18(39)35-21(9-10-25(31)40)27(43)36-22(14-19-6-3-2-4-7-19)28(44)37-23(15-20-16-32-17-34-20)30(46)38-13-5-8-24(38)29(45)33-12-11-26(41)42/h2-4,6-7,16-17,21-24H,5,8-15H2,1H3,(H2,31,40)(H,32,34)(H,33,45)(H,35,39)(H,36,43)(H,37,44)(H,41,42)/t21-,22+,23-,24+/m0/s1. The fraction of sp³-hybridized carbons (Fsp3) is 0.467. The van der Waals surface area contributed by atoms with E-state index < -0.39 is 65.6 Å². The van der Waals surface area contributed by atoms with Gasteiger partial charge in [0.05, 0.1) is 12.7 Å². The first kappa shape index (κ1) is 35.2. The Balaban J connectivity index is 1.84. The van der Waals surface area contributed by atoms with Crippen LogP contribution < -0.4 is 27.0 Å². The lowest BCUT2D eigenvalue weighted by Crippen LogP contribution is -2.59. The summed E-state index contributed by atoms with van der Waals surface area (Å²) in [7, 11) is 0. The largest absolute Gasteiger partial charge is 0.481 e. The van der Waals surface area contributed by atoms with Crippen LogP contribution in [0.2, 0.25) is 0 Å². The summed E-state index contributed by atoms with van der Waals surface area (Å²) in [5.41, 5.74) is 6.47. The van der Waals surface area contributed by atoms with Gasteiger partial charge in [-0.3, -0.25) is 33.6 Å². The average Bonchev–Trinajstić information content (AvgIpc) is 3.71. The molecule has 6 amide bonds. The Labute approximate surface area is 265 Å². The van der Waals surface area contributed by atoms with Gasteiger partial charge in [0, 0.05) is 51.2 Å². The number of benzene rings is 1. The van der Waals surface area contributed by atoms with Crippen LogP contribution in [0.3, 0.4) is 0 Å². The zero-order valence-corrected chi connectivity index (χ0v) is 25.5. The Morgan fingerprint density at radius 2 is 1.67 bits per heavy atom. The van der Waals surface area contributed by atoms with Crippen molar-refractivity contribution in [1.29, 1.82) is 0 Å². The lowest BCUT2D eigenvalue weighted by Gasteiger charge is -2.30. The summed E-state index contributed by atoms with van der Waals surface area (Å²) in [6.07, 6.45) is 3.27. The van der Waals surface area contributed by atoms with Crippen molar-refractivity contribution in [3.05, 3.63) is 54.1 Å². The number of aliphatic carboxylic acids is 1. The molecule has 16 heteroatoms. The van der Waals surface area contributed by atoms with Crippen LogP contribution in [-0.4, -0.2) is 98.6 Å². The van der Waals surface area contributed by atoms with E-state index in [2.05, 4.69) is 31.2 Å². The van der Waals surface area contributed by atoms with Crippen LogP contribution in [0.15, 0.2) is 42.9 Å². The van der Waals surface area contributed by atoms with Gasteiger partial charge in [0.15, 0.2) is 0 Å². The summed E-state index contributed by atoms with van der Waals surface area (Å²) in [6.45, 7) is 1.36. The van der Waals surface area contributed by atoms with E-state index in [-0.39, 0.29) is 45.2 Å². The monoisotopic (exact) mass is 640 g/mol. The maximum Gasteiger partial charge on any atom is 0.305 e. The Bertz CT molecular complexity index is 1380. The molecular weight excluding hydrogens is 600 g/mol. The topological polar surface area (TPSA) is 246 Å². The van der Waals surface area contributed by atoms with E-state index in [0.29, 0.717) is 24.1 Å². The summed E-state index contributed by atoms with van der Waals surface area (Å²) >= 11 is 0. The minimum absolute atomic E-state index is 0.00639. The first-order valence-electron chi connectivity index (χ1n) is 14.9. The highest BCUT2D eigenvalue weighted by Crippen LogP contribution is 2.20. The predicted molar refractivity (Wildman–Crippen MR) is 162 cm³/mol. The van der Waals surface area contributed by atoms with Gasteiger partial charge in [-0.15, -0.1) is 0 Å². The molecule has 46 heavy (non-hydrogen) atoms. The van der Waals surface area contributed by atoms with Crippen molar-refractivity contribution in [2.24, 2.45) is 5.73 Å². The van der Waals surface area contributed by atoms with Crippen LogP contribution in [0.5, 0.6) is 0 Å². The number of hydrogen-bond donors (Lipinski definition) is 7. The first-order chi connectivity index (χ1) is 21.9. The molecule has 0 saturated carbocycles. The molecule has 8 N–H and O–H groups in total. The van der Waals surface area contributed by atoms with Gasteiger partial charge < -0.3 is 42.0 Å². The minimum Gasteiger partial charge on any atom is -0.481 e. The van der Waals surface area contributed by atoms with Gasteiger partial charge in [0.2, 0.25) is 35.4 Å². The van der Waals surface area contributed by atoms with E-state index in [1.54, 1.807) is 30.3 Å². The van der Waals surface area contributed by atoms with E-state index in [1.165, 1.54) is 24.3 Å². The number of carbonyl (C=O) groups excluding carboxylic acids is 6.